The van der Waals surface area contributed by atoms with Gasteiger partial charge in [-0.2, -0.15) is 9.49 Å². The van der Waals surface area contributed by atoms with Crippen molar-refractivity contribution in [1.29, 1.82) is 0 Å². The van der Waals surface area contributed by atoms with Crippen molar-refractivity contribution in [3.8, 4) is 17.1 Å². The van der Waals surface area contributed by atoms with Crippen LogP contribution in [0.15, 0.2) is 79.1 Å². The van der Waals surface area contributed by atoms with Crippen molar-refractivity contribution in [3.05, 3.63) is 96.2 Å². The van der Waals surface area contributed by atoms with E-state index in [2.05, 4.69) is 20.5 Å². The van der Waals surface area contributed by atoms with Gasteiger partial charge in [-0.1, -0.05) is 48.5 Å². The lowest BCUT2D eigenvalue weighted by atomic mass is 10.1. The van der Waals surface area contributed by atoms with Crippen LogP contribution in [0.2, 0.25) is 0 Å². The normalized spacial score (nSPS) is 17.7. The van der Waals surface area contributed by atoms with E-state index in [1.165, 1.54) is 6.07 Å². The van der Waals surface area contributed by atoms with E-state index in [4.69, 9.17) is 9.84 Å². The number of fused-ring (bicyclic) bond motifs is 5. The van der Waals surface area contributed by atoms with Gasteiger partial charge in [0.15, 0.2) is 12.0 Å². The van der Waals surface area contributed by atoms with Crippen LogP contribution in [-0.4, -0.2) is 42.8 Å². The Morgan fingerprint density at radius 3 is 2.64 bits per heavy atom. The summed E-state index contributed by atoms with van der Waals surface area (Å²) in [6.07, 6.45) is 1.43. The number of benzene rings is 2. The summed E-state index contributed by atoms with van der Waals surface area (Å²) in [5.41, 5.74) is 4.41. The van der Waals surface area contributed by atoms with Crippen LogP contribution in [-0.2, 0) is 11.3 Å². The van der Waals surface area contributed by atoms with Crippen LogP contribution in [0.25, 0.3) is 17.1 Å². The fourth-order valence-corrected chi connectivity index (χ4v) is 4.67. The van der Waals surface area contributed by atoms with Gasteiger partial charge in [0.1, 0.15) is 18.2 Å². The van der Waals surface area contributed by atoms with Crippen molar-refractivity contribution in [3.63, 3.8) is 0 Å². The zero-order chi connectivity index (χ0) is 24.2. The number of aromatic nitrogens is 6. The lowest BCUT2D eigenvalue weighted by Crippen LogP contribution is -2.23. The molecular weight excluding hydrogens is 459 g/mol. The third-order valence-electron chi connectivity index (χ3n) is 6.51. The number of anilines is 3. The number of halogens is 1. The second kappa shape index (κ2) is 7.99. The van der Waals surface area contributed by atoms with Gasteiger partial charge in [-0.3, -0.25) is 0 Å². The Labute approximate surface area is 205 Å². The van der Waals surface area contributed by atoms with Crippen LogP contribution in [0.3, 0.4) is 0 Å². The Balaban J connectivity index is 1.29. The molecule has 2 atom stereocenters. The average Bonchev–Trinajstić information content (AvgIpc) is 3.42. The minimum Gasteiger partial charge on any atom is -0.342 e. The molecule has 1 fully saturated rings. The van der Waals surface area contributed by atoms with E-state index in [1.54, 1.807) is 18.5 Å². The molecule has 0 radical (unpaired) electrons. The zero-order valence-electron chi connectivity index (χ0n) is 19.3. The molecule has 1 N–H and O–H groups in total. The molecule has 0 bridgehead atoms. The standard InChI is InChI=1S/C26H21FN8O/c1-33-25-22(36-25)21-23(29-18-6-3-2-4-7-18)35(32-24(21)34-15-28-31-26(33)34)14-16-10-12-17(13-11-16)19-8-5-9-20(27)30-19/h2-13,15,22,25,29H,14H2,1H3. The van der Waals surface area contributed by atoms with E-state index >= 15 is 0 Å². The van der Waals surface area contributed by atoms with E-state index in [-0.39, 0.29) is 12.3 Å². The molecule has 2 unspecified atom stereocenters. The molecule has 10 heteroatoms. The minimum atomic E-state index is -0.495. The van der Waals surface area contributed by atoms with Gasteiger partial charge in [-0.15, -0.1) is 10.2 Å². The molecule has 7 rings (SSSR count). The maximum Gasteiger partial charge on any atom is 0.234 e. The zero-order valence-corrected chi connectivity index (χ0v) is 19.3. The molecule has 2 aliphatic rings. The lowest BCUT2D eigenvalue weighted by molar-refractivity contribution is 0.368. The predicted octanol–water partition coefficient (Wildman–Crippen LogP) is 4.30. The number of pyridine rings is 1. The minimum absolute atomic E-state index is 0.124. The maximum atomic E-state index is 13.6. The van der Waals surface area contributed by atoms with Crippen molar-refractivity contribution in [2.45, 2.75) is 18.9 Å². The molecule has 0 spiro atoms. The van der Waals surface area contributed by atoms with E-state index in [0.717, 1.165) is 34.0 Å². The molecule has 1 saturated heterocycles. The topological polar surface area (TPSA) is 89.2 Å². The van der Waals surface area contributed by atoms with Gasteiger partial charge in [0.05, 0.1) is 17.8 Å². The molecule has 5 aromatic rings. The van der Waals surface area contributed by atoms with E-state index < -0.39 is 5.95 Å². The number of hydrogen-bond acceptors (Lipinski definition) is 7. The number of nitrogens with one attached hydrogen (secondary N) is 1. The molecule has 2 aliphatic heterocycles. The first-order valence-electron chi connectivity index (χ1n) is 11.6. The molecule has 0 amide bonds. The Hall–Kier alpha value is -4.57. The molecule has 2 aromatic carbocycles. The average molecular weight is 481 g/mol. The molecule has 0 aliphatic carbocycles. The molecule has 9 nitrogen and oxygen atoms in total. The second-order valence-electron chi connectivity index (χ2n) is 8.84. The number of rotatable bonds is 5. The van der Waals surface area contributed by atoms with Gasteiger partial charge < -0.3 is 15.0 Å². The van der Waals surface area contributed by atoms with Crippen LogP contribution in [0.5, 0.6) is 0 Å². The molecule has 36 heavy (non-hydrogen) atoms. The van der Waals surface area contributed by atoms with Crippen LogP contribution in [0.1, 0.15) is 17.2 Å². The van der Waals surface area contributed by atoms with E-state index in [9.17, 15) is 4.39 Å². The third-order valence-corrected chi connectivity index (χ3v) is 6.51. The van der Waals surface area contributed by atoms with Crippen molar-refractivity contribution >= 4 is 17.5 Å². The molecule has 178 valence electrons. The monoisotopic (exact) mass is 480 g/mol. The third kappa shape index (κ3) is 3.42. The number of ether oxygens (including phenoxy) is 1. The predicted molar refractivity (Wildman–Crippen MR) is 132 cm³/mol. The maximum absolute atomic E-state index is 13.6. The number of epoxide rings is 1. The van der Waals surface area contributed by atoms with Crippen molar-refractivity contribution < 1.29 is 9.13 Å². The second-order valence-corrected chi connectivity index (χ2v) is 8.84. The molecule has 0 saturated carbocycles. The quantitative estimate of drug-likeness (QED) is 0.296. The van der Waals surface area contributed by atoms with Crippen molar-refractivity contribution in [2.75, 3.05) is 17.3 Å². The highest BCUT2D eigenvalue weighted by atomic mass is 19.1. The summed E-state index contributed by atoms with van der Waals surface area (Å²) in [7, 11) is 1.95. The molecule has 3 aromatic heterocycles. The van der Waals surface area contributed by atoms with Gasteiger partial charge in [0, 0.05) is 18.3 Å². The first-order chi connectivity index (χ1) is 17.7. The SMILES string of the molecule is CN1c2nncn2-c2nn(Cc3ccc(-c4cccc(F)n4)cc3)c(Nc3ccccc3)c2C2OC21. The van der Waals surface area contributed by atoms with Gasteiger partial charge >= 0.3 is 0 Å². The van der Waals surface area contributed by atoms with Crippen LogP contribution >= 0.6 is 0 Å². The summed E-state index contributed by atoms with van der Waals surface area (Å²) in [6.45, 7) is 0.518. The molecule has 5 heterocycles. The van der Waals surface area contributed by atoms with Crippen molar-refractivity contribution in [2.24, 2.45) is 0 Å². The van der Waals surface area contributed by atoms with Crippen LogP contribution < -0.4 is 10.2 Å². The van der Waals surface area contributed by atoms with Crippen LogP contribution in [0.4, 0.5) is 21.8 Å². The Morgan fingerprint density at radius 1 is 1.00 bits per heavy atom. The highest BCUT2D eigenvalue weighted by Gasteiger charge is 2.51. The fraction of sp³-hybridized carbons (Fsp3) is 0.154. The smallest absolute Gasteiger partial charge is 0.234 e. The largest absolute Gasteiger partial charge is 0.342 e. The van der Waals surface area contributed by atoms with Crippen molar-refractivity contribution in [1.82, 2.24) is 29.5 Å². The first-order valence-corrected chi connectivity index (χ1v) is 11.6. The highest BCUT2D eigenvalue weighted by Crippen LogP contribution is 2.50. The van der Waals surface area contributed by atoms with Gasteiger partial charge in [0.25, 0.3) is 0 Å². The van der Waals surface area contributed by atoms with Gasteiger partial charge in [-0.25, -0.2) is 14.2 Å². The van der Waals surface area contributed by atoms with Gasteiger partial charge in [-0.05, 0) is 29.8 Å². The first kappa shape index (κ1) is 20.8. The Morgan fingerprint density at radius 2 is 1.83 bits per heavy atom. The number of hydrogen-bond donors (Lipinski definition) is 1. The summed E-state index contributed by atoms with van der Waals surface area (Å²) in [5.74, 6) is 1.79. The Kier molecular flexibility index (Phi) is 4.61. The summed E-state index contributed by atoms with van der Waals surface area (Å²) >= 11 is 0. The summed E-state index contributed by atoms with van der Waals surface area (Å²) < 4.78 is 23.5. The van der Waals surface area contributed by atoms with Gasteiger partial charge in [0.2, 0.25) is 11.9 Å². The van der Waals surface area contributed by atoms with Crippen LogP contribution in [0, 0.1) is 5.95 Å². The fourth-order valence-electron chi connectivity index (χ4n) is 4.67. The van der Waals surface area contributed by atoms with E-state index in [0.29, 0.717) is 18.2 Å². The van der Waals surface area contributed by atoms with E-state index in [1.807, 2.05) is 75.8 Å². The molecular formula is C26H21FN8O. The number of likely N-dealkylation sites (N-methyl/N-ethyl adjacent to an activating group) is 1. The summed E-state index contributed by atoms with van der Waals surface area (Å²) in [6, 6.07) is 22.7. The summed E-state index contributed by atoms with van der Waals surface area (Å²) in [5, 5.41) is 16.9. The highest BCUT2D eigenvalue weighted by molar-refractivity contribution is 5.67. The number of nitrogens with zero attached hydrogens (tertiary/aromatic N) is 7. The number of para-hydroxylation sites is 1. The Bertz CT molecular complexity index is 1560. The lowest BCUT2D eigenvalue weighted by Gasteiger charge is -2.14. The summed E-state index contributed by atoms with van der Waals surface area (Å²) in [4.78, 5) is 5.96.